The van der Waals surface area contributed by atoms with E-state index in [9.17, 15) is 8.42 Å². The first kappa shape index (κ1) is 17.4. The summed E-state index contributed by atoms with van der Waals surface area (Å²) < 4.78 is 27.7. The molecule has 0 saturated heterocycles. The molecule has 0 unspecified atom stereocenters. The van der Waals surface area contributed by atoms with Crippen LogP contribution in [0.15, 0.2) is 55.4 Å². The fourth-order valence-electron chi connectivity index (χ4n) is 2.16. The van der Waals surface area contributed by atoms with Gasteiger partial charge in [0, 0.05) is 25.5 Å². The molecule has 124 valence electrons. The summed E-state index contributed by atoms with van der Waals surface area (Å²) in [6.07, 6.45) is 5.19. The Morgan fingerprint density at radius 1 is 1.26 bits per heavy atom. The summed E-state index contributed by atoms with van der Waals surface area (Å²) in [7, 11) is -3.41. The van der Waals surface area contributed by atoms with Crippen molar-refractivity contribution in [2.45, 2.75) is 32.1 Å². The van der Waals surface area contributed by atoms with Crippen molar-refractivity contribution in [2.75, 3.05) is 6.54 Å². The maximum Gasteiger partial charge on any atom is 0.219 e. The molecule has 1 aromatic carbocycles. The van der Waals surface area contributed by atoms with E-state index < -0.39 is 14.8 Å². The minimum absolute atomic E-state index is 0.292. The molecule has 0 aliphatic heterocycles. The zero-order valence-electron chi connectivity index (χ0n) is 13.8. The van der Waals surface area contributed by atoms with Crippen LogP contribution in [0.1, 0.15) is 26.3 Å². The minimum Gasteiger partial charge on any atom is -0.241 e. The van der Waals surface area contributed by atoms with Crippen molar-refractivity contribution in [1.82, 2.24) is 14.1 Å². The Morgan fingerprint density at radius 2 is 1.91 bits per heavy atom. The van der Waals surface area contributed by atoms with Gasteiger partial charge in [0.25, 0.3) is 0 Å². The van der Waals surface area contributed by atoms with Crippen molar-refractivity contribution < 1.29 is 8.42 Å². The molecule has 0 N–H and O–H groups in total. The van der Waals surface area contributed by atoms with Gasteiger partial charge in [-0.25, -0.2) is 13.1 Å². The number of benzene rings is 1. The average molecular weight is 333 g/mol. The van der Waals surface area contributed by atoms with Crippen LogP contribution in [0, 0.1) is 0 Å². The van der Waals surface area contributed by atoms with Gasteiger partial charge in [-0.2, -0.15) is 9.40 Å². The molecule has 0 aliphatic carbocycles. The van der Waals surface area contributed by atoms with Crippen molar-refractivity contribution in [1.29, 1.82) is 0 Å². The third-order valence-electron chi connectivity index (χ3n) is 3.51. The summed E-state index contributed by atoms with van der Waals surface area (Å²) in [6.45, 7) is 9.41. The van der Waals surface area contributed by atoms with E-state index in [4.69, 9.17) is 0 Å². The fourth-order valence-corrected chi connectivity index (χ4v) is 3.55. The van der Waals surface area contributed by atoms with Crippen LogP contribution in [0.5, 0.6) is 0 Å². The average Bonchev–Trinajstić information content (AvgIpc) is 3.00. The maximum atomic E-state index is 12.7. The molecule has 0 atom stereocenters. The van der Waals surface area contributed by atoms with E-state index in [-0.39, 0.29) is 0 Å². The van der Waals surface area contributed by atoms with Gasteiger partial charge in [-0.15, -0.1) is 6.58 Å². The number of rotatable bonds is 6. The molecular formula is C17H23N3O2S. The van der Waals surface area contributed by atoms with Gasteiger partial charge in [0.1, 0.15) is 0 Å². The molecule has 0 fully saturated rings. The van der Waals surface area contributed by atoms with E-state index in [0.717, 1.165) is 11.3 Å². The number of sulfonamides is 1. The van der Waals surface area contributed by atoms with Gasteiger partial charge in [-0.05, 0) is 44.5 Å². The predicted molar refractivity (Wildman–Crippen MR) is 92.8 cm³/mol. The van der Waals surface area contributed by atoms with Crippen LogP contribution in [0.25, 0.3) is 5.69 Å². The van der Waals surface area contributed by atoms with Crippen LogP contribution >= 0.6 is 0 Å². The Bertz CT molecular complexity index is 742. The fraction of sp³-hybridized carbons (Fsp3) is 0.353. The molecule has 0 saturated carbocycles. The number of aromatic nitrogens is 2. The maximum absolute atomic E-state index is 12.7. The van der Waals surface area contributed by atoms with Gasteiger partial charge < -0.3 is 0 Å². The standard InChI is InChI=1S/C17H23N3O2S/c1-5-12-19(23(21,22)17(2,3)4)14-15-7-9-16(10-8-15)20-13-6-11-18-20/h5-11,13H,1,12,14H2,2-4H3. The van der Waals surface area contributed by atoms with Crippen LogP contribution in [-0.2, 0) is 16.6 Å². The first-order chi connectivity index (χ1) is 10.8. The summed E-state index contributed by atoms with van der Waals surface area (Å²) in [4.78, 5) is 0. The van der Waals surface area contributed by atoms with Gasteiger partial charge in [0.15, 0.2) is 0 Å². The SMILES string of the molecule is C=CCN(Cc1ccc(-n2cccn2)cc1)S(=O)(=O)C(C)(C)C. The first-order valence-corrected chi connectivity index (χ1v) is 8.89. The topological polar surface area (TPSA) is 55.2 Å². The number of nitrogens with zero attached hydrogens (tertiary/aromatic N) is 3. The predicted octanol–water partition coefficient (Wildman–Crippen LogP) is 2.99. The molecule has 0 amide bonds. The summed E-state index contributed by atoms with van der Waals surface area (Å²) in [5.74, 6) is 0. The molecule has 1 aromatic heterocycles. The zero-order valence-corrected chi connectivity index (χ0v) is 14.6. The van der Waals surface area contributed by atoms with Gasteiger partial charge in [0.2, 0.25) is 10.0 Å². The summed E-state index contributed by atoms with van der Waals surface area (Å²) in [5, 5.41) is 4.18. The van der Waals surface area contributed by atoms with E-state index in [1.807, 2.05) is 36.5 Å². The van der Waals surface area contributed by atoms with E-state index in [0.29, 0.717) is 13.1 Å². The third kappa shape index (κ3) is 3.89. The molecule has 1 heterocycles. The molecule has 2 rings (SSSR count). The normalized spacial score (nSPS) is 12.5. The summed E-state index contributed by atoms with van der Waals surface area (Å²) in [5.41, 5.74) is 1.86. The molecular weight excluding hydrogens is 310 g/mol. The highest BCUT2D eigenvalue weighted by atomic mass is 32.2. The summed E-state index contributed by atoms with van der Waals surface area (Å²) >= 11 is 0. The lowest BCUT2D eigenvalue weighted by atomic mass is 10.2. The van der Waals surface area contributed by atoms with Gasteiger partial charge in [0.05, 0.1) is 10.4 Å². The molecule has 23 heavy (non-hydrogen) atoms. The van der Waals surface area contributed by atoms with Crippen LogP contribution < -0.4 is 0 Å². The Labute approximate surface area is 138 Å². The Kier molecular flexibility index (Phi) is 5.06. The lowest BCUT2D eigenvalue weighted by Gasteiger charge is -2.29. The molecule has 0 radical (unpaired) electrons. The Morgan fingerprint density at radius 3 is 2.39 bits per heavy atom. The van der Waals surface area contributed by atoms with Gasteiger partial charge in [-0.1, -0.05) is 18.2 Å². The number of hydrogen-bond donors (Lipinski definition) is 0. The van der Waals surface area contributed by atoms with E-state index in [2.05, 4.69) is 11.7 Å². The highest BCUT2D eigenvalue weighted by Crippen LogP contribution is 2.22. The number of hydrogen-bond acceptors (Lipinski definition) is 3. The summed E-state index contributed by atoms with van der Waals surface area (Å²) in [6, 6.07) is 9.56. The quantitative estimate of drug-likeness (QED) is 0.764. The van der Waals surface area contributed by atoms with Crippen LogP contribution in [0.3, 0.4) is 0 Å². The second-order valence-corrected chi connectivity index (χ2v) is 9.01. The second-order valence-electron chi connectivity index (χ2n) is 6.32. The third-order valence-corrected chi connectivity index (χ3v) is 6.02. The van der Waals surface area contributed by atoms with Crippen molar-refractivity contribution in [3.63, 3.8) is 0 Å². The van der Waals surface area contributed by atoms with Gasteiger partial charge >= 0.3 is 0 Å². The molecule has 0 bridgehead atoms. The van der Waals surface area contributed by atoms with Crippen molar-refractivity contribution in [3.05, 3.63) is 60.9 Å². The first-order valence-electron chi connectivity index (χ1n) is 7.45. The molecule has 0 spiro atoms. The second kappa shape index (κ2) is 6.68. The molecule has 5 nitrogen and oxygen atoms in total. The zero-order chi connectivity index (χ0) is 17.1. The molecule has 2 aromatic rings. The van der Waals surface area contributed by atoms with Crippen LogP contribution in [0.4, 0.5) is 0 Å². The monoisotopic (exact) mass is 333 g/mol. The lowest BCUT2D eigenvalue weighted by molar-refractivity contribution is 0.417. The van der Waals surface area contributed by atoms with E-state index in [1.165, 1.54) is 4.31 Å². The van der Waals surface area contributed by atoms with E-state index in [1.54, 1.807) is 37.7 Å². The highest BCUT2D eigenvalue weighted by molar-refractivity contribution is 7.90. The Hall–Kier alpha value is -1.92. The van der Waals surface area contributed by atoms with Crippen LogP contribution in [-0.4, -0.2) is 33.8 Å². The van der Waals surface area contributed by atoms with E-state index >= 15 is 0 Å². The largest absolute Gasteiger partial charge is 0.241 e. The smallest absolute Gasteiger partial charge is 0.219 e. The van der Waals surface area contributed by atoms with Crippen molar-refractivity contribution >= 4 is 10.0 Å². The Balaban J connectivity index is 2.22. The van der Waals surface area contributed by atoms with Crippen LogP contribution in [0.2, 0.25) is 0 Å². The molecule has 6 heteroatoms. The van der Waals surface area contributed by atoms with Gasteiger partial charge in [-0.3, -0.25) is 0 Å². The highest BCUT2D eigenvalue weighted by Gasteiger charge is 2.34. The lowest BCUT2D eigenvalue weighted by Crippen LogP contribution is -2.42. The van der Waals surface area contributed by atoms with Crippen molar-refractivity contribution in [2.24, 2.45) is 0 Å². The molecule has 0 aliphatic rings. The van der Waals surface area contributed by atoms with Crippen molar-refractivity contribution in [3.8, 4) is 5.69 Å². The minimum atomic E-state index is -3.41.